The minimum absolute atomic E-state index is 0.191. The Kier molecular flexibility index (Phi) is 4.41. The lowest BCUT2D eigenvalue weighted by atomic mass is 10.3. The molecule has 0 aliphatic carbocycles. The molecule has 1 fully saturated rings. The molecule has 26 heavy (non-hydrogen) atoms. The van der Waals surface area contributed by atoms with Crippen LogP contribution in [0.15, 0.2) is 83.0 Å². The molecule has 0 unspecified atom stereocenters. The second-order valence-corrected chi connectivity index (χ2v) is 6.68. The molecule has 2 aromatic carbocycles. The van der Waals surface area contributed by atoms with Gasteiger partial charge in [-0.1, -0.05) is 18.2 Å². The fourth-order valence-corrected chi connectivity index (χ4v) is 3.37. The molecule has 6 heteroatoms. The number of carbonyl (C=O) groups excluding carboxylic acids is 1. The highest BCUT2D eigenvalue weighted by molar-refractivity contribution is 8.18. The quantitative estimate of drug-likeness (QED) is 0.696. The zero-order valence-corrected chi connectivity index (χ0v) is 14.4. The van der Waals surface area contributed by atoms with E-state index in [1.807, 2.05) is 59.4 Å². The minimum Gasteiger partial charge on any atom is -0.323 e. The monoisotopic (exact) mass is 363 g/mol. The van der Waals surface area contributed by atoms with Crippen LogP contribution in [-0.4, -0.2) is 15.6 Å². The lowest BCUT2D eigenvalue weighted by Crippen LogP contribution is -2.19. The van der Waals surface area contributed by atoms with E-state index in [-0.39, 0.29) is 11.7 Å². The Morgan fingerprint density at radius 3 is 2.58 bits per heavy atom. The van der Waals surface area contributed by atoms with E-state index in [0.717, 1.165) is 11.3 Å². The fraction of sp³-hybridized carbons (Fsp3) is 0. The SMILES string of the molecule is O=C1NC(=Nc2ccc(F)cc2)S/C1=C/c1ccn(-c2ccccc2)c1. The molecule has 0 bridgehead atoms. The van der Waals surface area contributed by atoms with Crippen molar-refractivity contribution in [2.45, 2.75) is 0 Å². The van der Waals surface area contributed by atoms with Gasteiger partial charge in [0, 0.05) is 18.1 Å². The van der Waals surface area contributed by atoms with E-state index in [9.17, 15) is 9.18 Å². The number of carbonyl (C=O) groups is 1. The first-order chi connectivity index (χ1) is 12.7. The summed E-state index contributed by atoms with van der Waals surface area (Å²) >= 11 is 1.27. The third kappa shape index (κ3) is 3.60. The summed E-state index contributed by atoms with van der Waals surface area (Å²) in [5.74, 6) is -0.510. The Morgan fingerprint density at radius 2 is 1.81 bits per heavy atom. The van der Waals surface area contributed by atoms with Crippen LogP contribution in [0, 0.1) is 5.82 Å². The summed E-state index contributed by atoms with van der Waals surface area (Å²) in [4.78, 5) is 17.1. The van der Waals surface area contributed by atoms with Gasteiger partial charge in [0.15, 0.2) is 5.17 Å². The molecule has 128 valence electrons. The predicted octanol–water partition coefficient (Wildman–Crippen LogP) is 4.51. The van der Waals surface area contributed by atoms with Gasteiger partial charge in [0.05, 0.1) is 10.6 Å². The van der Waals surface area contributed by atoms with E-state index in [2.05, 4.69) is 10.3 Å². The van der Waals surface area contributed by atoms with Gasteiger partial charge in [-0.2, -0.15) is 0 Å². The van der Waals surface area contributed by atoms with Crippen LogP contribution in [0.5, 0.6) is 0 Å². The standard InChI is InChI=1S/C20H14FN3OS/c21-15-6-8-16(9-7-15)22-20-23-19(25)18(26-20)12-14-10-11-24(13-14)17-4-2-1-3-5-17/h1-13H,(H,22,23,25)/b18-12+. The first kappa shape index (κ1) is 16.4. The van der Waals surface area contributed by atoms with Crippen LogP contribution in [0.3, 0.4) is 0 Å². The van der Waals surface area contributed by atoms with Gasteiger partial charge in [-0.05, 0) is 65.9 Å². The zero-order chi connectivity index (χ0) is 17.9. The maximum absolute atomic E-state index is 13.0. The van der Waals surface area contributed by atoms with Crippen molar-refractivity contribution in [1.29, 1.82) is 0 Å². The molecule has 2 heterocycles. The van der Waals surface area contributed by atoms with E-state index in [1.54, 1.807) is 12.1 Å². The van der Waals surface area contributed by atoms with Crippen LogP contribution in [-0.2, 0) is 4.79 Å². The van der Waals surface area contributed by atoms with Crippen molar-refractivity contribution in [1.82, 2.24) is 9.88 Å². The van der Waals surface area contributed by atoms with Gasteiger partial charge in [0.1, 0.15) is 5.82 Å². The van der Waals surface area contributed by atoms with Crippen LogP contribution < -0.4 is 5.32 Å². The summed E-state index contributed by atoms with van der Waals surface area (Å²) in [5.41, 5.74) is 2.57. The molecule has 1 saturated heterocycles. The Morgan fingerprint density at radius 1 is 1.04 bits per heavy atom. The first-order valence-corrected chi connectivity index (χ1v) is 8.78. The van der Waals surface area contributed by atoms with Crippen molar-refractivity contribution in [3.8, 4) is 5.69 Å². The highest BCUT2D eigenvalue weighted by Gasteiger charge is 2.23. The predicted molar refractivity (Wildman–Crippen MR) is 103 cm³/mol. The van der Waals surface area contributed by atoms with E-state index in [4.69, 9.17) is 0 Å². The van der Waals surface area contributed by atoms with Crippen molar-refractivity contribution in [2.75, 3.05) is 0 Å². The minimum atomic E-state index is -0.319. The molecule has 0 atom stereocenters. The molecule has 1 aliphatic rings. The normalized spacial score (nSPS) is 17.0. The molecule has 1 aliphatic heterocycles. The van der Waals surface area contributed by atoms with Crippen molar-refractivity contribution in [3.63, 3.8) is 0 Å². The average Bonchev–Trinajstić information content (AvgIpc) is 3.25. The maximum atomic E-state index is 13.0. The number of thioether (sulfide) groups is 1. The fourth-order valence-electron chi connectivity index (χ4n) is 2.52. The molecular weight excluding hydrogens is 349 g/mol. The molecule has 0 saturated carbocycles. The summed E-state index contributed by atoms with van der Waals surface area (Å²) in [5, 5.41) is 3.21. The molecule has 1 N–H and O–H groups in total. The molecule has 0 spiro atoms. The van der Waals surface area contributed by atoms with Crippen molar-refractivity contribution in [2.24, 2.45) is 4.99 Å². The third-order valence-electron chi connectivity index (χ3n) is 3.78. The first-order valence-electron chi connectivity index (χ1n) is 7.96. The van der Waals surface area contributed by atoms with Gasteiger partial charge >= 0.3 is 0 Å². The van der Waals surface area contributed by atoms with E-state index in [1.165, 1.54) is 23.9 Å². The Balaban J connectivity index is 1.54. The number of aromatic nitrogens is 1. The number of nitrogens with zero attached hydrogens (tertiary/aromatic N) is 2. The van der Waals surface area contributed by atoms with Crippen molar-refractivity contribution < 1.29 is 9.18 Å². The summed E-state index contributed by atoms with van der Waals surface area (Å²) < 4.78 is 15.0. The van der Waals surface area contributed by atoms with E-state index < -0.39 is 0 Å². The summed E-state index contributed by atoms with van der Waals surface area (Å²) in [7, 11) is 0. The Bertz CT molecular complexity index is 1010. The highest BCUT2D eigenvalue weighted by atomic mass is 32.2. The second-order valence-electron chi connectivity index (χ2n) is 5.65. The van der Waals surface area contributed by atoms with Crippen molar-refractivity contribution >= 4 is 34.6 Å². The number of hydrogen-bond acceptors (Lipinski definition) is 3. The lowest BCUT2D eigenvalue weighted by molar-refractivity contribution is -0.115. The number of para-hydroxylation sites is 1. The summed E-state index contributed by atoms with van der Waals surface area (Å²) in [6.07, 6.45) is 5.74. The van der Waals surface area contributed by atoms with Gasteiger partial charge in [-0.3, -0.25) is 4.79 Å². The number of halogens is 1. The van der Waals surface area contributed by atoms with Crippen LogP contribution in [0.4, 0.5) is 10.1 Å². The molecule has 1 aromatic heterocycles. The van der Waals surface area contributed by atoms with Crippen LogP contribution in [0.25, 0.3) is 11.8 Å². The number of hydrogen-bond donors (Lipinski definition) is 1. The molecule has 0 radical (unpaired) electrons. The highest BCUT2D eigenvalue weighted by Crippen LogP contribution is 2.28. The average molecular weight is 363 g/mol. The van der Waals surface area contributed by atoms with E-state index in [0.29, 0.717) is 15.8 Å². The largest absolute Gasteiger partial charge is 0.323 e. The smallest absolute Gasteiger partial charge is 0.264 e. The molecule has 3 aromatic rings. The van der Waals surface area contributed by atoms with Crippen LogP contribution in [0.2, 0.25) is 0 Å². The zero-order valence-electron chi connectivity index (χ0n) is 13.6. The van der Waals surface area contributed by atoms with E-state index >= 15 is 0 Å². The molecule has 4 nitrogen and oxygen atoms in total. The van der Waals surface area contributed by atoms with Gasteiger partial charge in [-0.15, -0.1) is 0 Å². The van der Waals surface area contributed by atoms with Gasteiger partial charge < -0.3 is 9.88 Å². The van der Waals surface area contributed by atoms with Gasteiger partial charge in [-0.25, -0.2) is 9.38 Å². The third-order valence-corrected chi connectivity index (χ3v) is 4.69. The van der Waals surface area contributed by atoms with Crippen molar-refractivity contribution in [3.05, 3.63) is 89.3 Å². The van der Waals surface area contributed by atoms with Crippen LogP contribution in [0.1, 0.15) is 5.56 Å². The molecule has 1 amide bonds. The number of amides is 1. The van der Waals surface area contributed by atoms with Crippen LogP contribution >= 0.6 is 11.8 Å². The number of nitrogens with one attached hydrogen (secondary N) is 1. The van der Waals surface area contributed by atoms with Gasteiger partial charge in [0.25, 0.3) is 5.91 Å². The lowest BCUT2D eigenvalue weighted by Gasteiger charge is -2.00. The Labute approximate surface area is 154 Å². The summed E-state index contributed by atoms with van der Waals surface area (Å²) in [6, 6.07) is 17.7. The van der Waals surface area contributed by atoms with Gasteiger partial charge in [0.2, 0.25) is 0 Å². The summed E-state index contributed by atoms with van der Waals surface area (Å²) in [6.45, 7) is 0. The number of rotatable bonds is 3. The topological polar surface area (TPSA) is 46.4 Å². The molecule has 4 rings (SSSR count). The number of benzene rings is 2. The number of aliphatic imine (C=N–C) groups is 1. The Hall–Kier alpha value is -3.12. The maximum Gasteiger partial charge on any atom is 0.264 e. The number of amidine groups is 1. The second kappa shape index (κ2) is 7.01. The molecular formula is C20H14FN3OS.